The Morgan fingerprint density at radius 1 is 1.53 bits per heavy atom. The summed E-state index contributed by atoms with van der Waals surface area (Å²) in [5.74, 6) is -0.0345. The van der Waals surface area contributed by atoms with Crippen LogP contribution in [0.25, 0.3) is 0 Å². The number of nitrogens with two attached hydrogens (primary N) is 1. The fourth-order valence-electron chi connectivity index (χ4n) is 1.47. The third-order valence-electron chi connectivity index (χ3n) is 2.42. The number of aryl methyl sites for hydroxylation is 2. The smallest absolute Gasteiger partial charge is 0.246 e. The average molecular weight is 259 g/mol. The Balaban J connectivity index is 2.99. The van der Waals surface area contributed by atoms with E-state index in [4.69, 9.17) is 11.1 Å². The van der Waals surface area contributed by atoms with Crippen LogP contribution in [0.3, 0.4) is 0 Å². The van der Waals surface area contributed by atoms with Crippen LogP contribution < -0.4 is 5.73 Å². The van der Waals surface area contributed by atoms with Crippen molar-refractivity contribution in [3.63, 3.8) is 0 Å². The van der Waals surface area contributed by atoms with E-state index in [2.05, 4.69) is 10.2 Å². The summed E-state index contributed by atoms with van der Waals surface area (Å²) in [5.41, 5.74) is 6.16. The Kier molecular flexibility index (Phi) is 3.89. The van der Waals surface area contributed by atoms with Gasteiger partial charge in [-0.15, -0.1) is 0 Å². The van der Waals surface area contributed by atoms with Gasteiger partial charge in [-0.1, -0.05) is 0 Å². The molecule has 17 heavy (non-hydrogen) atoms. The van der Waals surface area contributed by atoms with Crippen LogP contribution in [0.2, 0.25) is 0 Å². The molecule has 0 spiro atoms. The van der Waals surface area contributed by atoms with Crippen molar-refractivity contribution < 1.29 is 8.42 Å². The molecule has 0 fully saturated rings. The number of H-pyrrole nitrogens is 1. The van der Waals surface area contributed by atoms with E-state index in [0.29, 0.717) is 11.4 Å². The molecule has 96 valence electrons. The van der Waals surface area contributed by atoms with E-state index >= 15 is 0 Å². The Morgan fingerprint density at radius 2 is 2.12 bits per heavy atom. The van der Waals surface area contributed by atoms with E-state index in [1.165, 1.54) is 11.4 Å². The molecule has 0 bridgehead atoms. The van der Waals surface area contributed by atoms with E-state index < -0.39 is 10.0 Å². The molecule has 1 heterocycles. The zero-order chi connectivity index (χ0) is 13.2. The minimum absolute atomic E-state index is 0.0345. The van der Waals surface area contributed by atoms with Crippen LogP contribution in [0.15, 0.2) is 4.90 Å². The van der Waals surface area contributed by atoms with Gasteiger partial charge in [-0.25, -0.2) is 12.7 Å². The second-order valence-electron chi connectivity index (χ2n) is 3.86. The highest BCUT2D eigenvalue weighted by Gasteiger charge is 2.26. The SMILES string of the molecule is Cc1n[nH]c(C)c1S(=O)(=O)N(C)CCC(=N)N. The molecule has 0 saturated heterocycles. The van der Waals surface area contributed by atoms with Crippen molar-refractivity contribution in [2.75, 3.05) is 13.6 Å². The Hall–Kier alpha value is -1.41. The van der Waals surface area contributed by atoms with Gasteiger partial charge in [0, 0.05) is 20.0 Å². The number of nitrogens with one attached hydrogen (secondary N) is 2. The molecule has 7 nitrogen and oxygen atoms in total. The summed E-state index contributed by atoms with van der Waals surface area (Å²) in [6.45, 7) is 3.47. The van der Waals surface area contributed by atoms with E-state index in [1.54, 1.807) is 13.8 Å². The lowest BCUT2D eigenvalue weighted by Gasteiger charge is -2.16. The topological polar surface area (TPSA) is 116 Å². The van der Waals surface area contributed by atoms with Crippen LogP contribution in [0.1, 0.15) is 17.8 Å². The van der Waals surface area contributed by atoms with Gasteiger partial charge in [0.1, 0.15) is 4.90 Å². The lowest BCUT2D eigenvalue weighted by molar-refractivity contribution is 0.477. The lowest BCUT2D eigenvalue weighted by Crippen LogP contribution is -2.31. The van der Waals surface area contributed by atoms with Crippen LogP contribution in [0.4, 0.5) is 0 Å². The summed E-state index contributed by atoms with van der Waals surface area (Å²) in [4.78, 5) is 0.198. The van der Waals surface area contributed by atoms with E-state index in [-0.39, 0.29) is 23.7 Å². The van der Waals surface area contributed by atoms with Crippen molar-refractivity contribution in [1.82, 2.24) is 14.5 Å². The molecule has 0 aliphatic heterocycles. The van der Waals surface area contributed by atoms with E-state index in [0.717, 1.165) is 0 Å². The van der Waals surface area contributed by atoms with Gasteiger partial charge < -0.3 is 5.73 Å². The molecular formula is C9H17N5O2S. The largest absolute Gasteiger partial charge is 0.388 e. The molecular weight excluding hydrogens is 242 g/mol. The molecule has 0 unspecified atom stereocenters. The minimum atomic E-state index is -3.57. The van der Waals surface area contributed by atoms with Gasteiger partial charge in [0.05, 0.1) is 17.2 Å². The number of hydrogen-bond donors (Lipinski definition) is 3. The average Bonchev–Trinajstić information content (AvgIpc) is 2.55. The van der Waals surface area contributed by atoms with Gasteiger partial charge in [0.25, 0.3) is 0 Å². The summed E-state index contributed by atoms with van der Waals surface area (Å²) < 4.78 is 25.6. The van der Waals surface area contributed by atoms with Crippen LogP contribution >= 0.6 is 0 Å². The lowest BCUT2D eigenvalue weighted by atomic mass is 10.4. The molecule has 0 radical (unpaired) electrons. The first-order valence-corrected chi connectivity index (χ1v) is 6.51. The number of rotatable bonds is 5. The first kappa shape index (κ1) is 13.7. The van der Waals surface area contributed by atoms with Gasteiger partial charge in [0.2, 0.25) is 10.0 Å². The van der Waals surface area contributed by atoms with Crippen molar-refractivity contribution in [3.8, 4) is 0 Å². The normalized spacial score (nSPS) is 12.0. The van der Waals surface area contributed by atoms with Gasteiger partial charge in [-0.2, -0.15) is 5.10 Å². The molecule has 0 aliphatic rings. The van der Waals surface area contributed by atoms with E-state index in [9.17, 15) is 8.42 Å². The maximum absolute atomic E-state index is 12.2. The number of sulfonamides is 1. The maximum Gasteiger partial charge on any atom is 0.246 e. The van der Waals surface area contributed by atoms with Crippen molar-refractivity contribution in [2.24, 2.45) is 5.73 Å². The fourth-order valence-corrected chi connectivity index (χ4v) is 2.97. The molecule has 1 aromatic heterocycles. The maximum atomic E-state index is 12.2. The summed E-state index contributed by atoms with van der Waals surface area (Å²) in [6.07, 6.45) is 0.214. The molecule has 0 aromatic carbocycles. The first-order valence-electron chi connectivity index (χ1n) is 5.07. The highest BCUT2D eigenvalue weighted by Crippen LogP contribution is 2.20. The predicted octanol–water partition coefficient (Wildman–Crippen LogP) is -0.0269. The van der Waals surface area contributed by atoms with Crippen molar-refractivity contribution in [1.29, 1.82) is 5.41 Å². The Bertz CT molecular complexity index is 500. The molecule has 1 aromatic rings. The molecule has 0 atom stereocenters. The Labute approximate surface area is 101 Å². The molecule has 8 heteroatoms. The van der Waals surface area contributed by atoms with Gasteiger partial charge in [-0.05, 0) is 13.8 Å². The van der Waals surface area contributed by atoms with E-state index in [1.807, 2.05) is 0 Å². The number of amidine groups is 1. The number of aromatic nitrogens is 2. The van der Waals surface area contributed by atoms with Gasteiger partial charge in [-0.3, -0.25) is 10.5 Å². The zero-order valence-electron chi connectivity index (χ0n) is 10.1. The summed E-state index contributed by atoms with van der Waals surface area (Å²) in [5, 5.41) is 13.6. The molecule has 1 rings (SSSR count). The second kappa shape index (κ2) is 4.84. The van der Waals surface area contributed by atoms with Crippen molar-refractivity contribution in [2.45, 2.75) is 25.2 Å². The number of nitrogens with zero attached hydrogens (tertiary/aromatic N) is 2. The van der Waals surface area contributed by atoms with Crippen LogP contribution in [0.5, 0.6) is 0 Å². The quantitative estimate of drug-likeness (QED) is 0.508. The third kappa shape index (κ3) is 2.83. The van der Waals surface area contributed by atoms with Crippen LogP contribution in [-0.2, 0) is 10.0 Å². The fraction of sp³-hybridized carbons (Fsp3) is 0.556. The molecule has 0 amide bonds. The first-order chi connectivity index (χ1) is 7.76. The van der Waals surface area contributed by atoms with Gasteiger partial charge in [0.15, 0.2) is 0 Å². The van der Waals surface area contributed by atoms with Crippen LogP contribution in [-0.4, -0.2) is 42.3 Å². The Morgan fingerprint density at radius 3 is 2.53 bits per heavy atom. The summed E-state index contributed by atoms with van der Waals surface area (Å²) >= 11 is 0. The number of hydrogen-bond acceptors (Lipinski definition) is 4. The van der Waals surface area contributed by atoms with Crippen molar-refractivity contribution >= 4 is 15.9 Å². The zero-order valence-corrected chi connectivity index (χ0v) is 10.9. The highest BCUT2D eigenvalue weighted by atomic mass is 32.2. The standard InChI is InChI=1S/C9H17N5O2S/c1-6-9(7(2)13-12-6)17(15,16)14(3)5-4-8(10)11/h4-5H2,1-3H3,(H3,10,11)(H,12,13). The third-order valence-corrected chi connectivity index (χ3v) is 4.55. The second-order valence-corrected chi connectivity index (χ2v) is 5.85. The molecule has 0 saturated carbocycles. The summed E-state index contributed by atoms with van der Waals surface area (Å²) in [7, 11) is -2.10. The molecule has 4 N–H and O–H groups in total. The number of aromatic amines is 1. The van der Waals surface area contributed by atoms with Crippen molar-refractivity contribution in [3.05, 3.63) is 11.4 Å². The van der Waals surface area contributed by atoms with Crippen LogP contribution in [0, 0.1) is 19.3 Å². The molecule has 0 aliphatic carbocycles. The minimum Gasteiger partial charge on any atom is -0.388 e. The summed E-state index contributed by atoms with van der Waals surface area (Å²) in [6, 6.07) is 0. The van der Waals surface area contributed by atoms with Gasteiger partial charge >= 0.3 is 0 Å². The monoisotopic (exact) mass is 259 g/mol. The predicted molar refractivity (Wildman–Crippen MR) is 64.4 cm³/mol. The highest BCUT2D eigenvalue weighted by molar-refractivity contribution is 7.89.